The fraction of sp³-hybridized carbons (Fsp3) is 0.556. The smallest absolute Gasteiger partial charge is 0.289 e. The topological polar surface area (TPSA) is 54.5 Å². The van der Waals surface area contributed by atoms with E-state index in [9.17, 15) is 4.79 Å². The molecule has 2 saturated heterocycles. The van der Waals surface area contributed by atoms with Crippen molar-refractivity contribution in [2.75, 3.05) is 26.2 Å². The monoisotopic (exact) mass is 362 g/mol. The number of hydrogen-bond acceptors (Lipinski definition) is 4. The number of nitrogens with zero attached hydrogens (tertiary/aromatic N) is 4. The first-order valence-electron chi connectivity index (χ1n) is 8.84. The van der Waals surface area contributed by atoms with Crippen LogP contribution < -0.4 is 0 Å². The summed E-state index contributed by atoms with van der Waals surface area (Å²) in [5.41, 5.74) is 1.71. The highest BCUT2D eigenvalue weighted by Gasteiger charge is 2.33. The molecule has 0 aromatic carbocycles. The molecule has 6 nitrogen and oxygen atoms in total. The second-order valence-corrected chi connectivity index (χ2v) is 7.37. The first-order chi connectivity index (χ1) is 12.0. The zero-order chi connectivity index (χ0) is 17.6. The van der Waals surface area contributed by atoms with Gasteiger partial charge in [0.05, 0.1) is 23.0 Å². The highest BCUT2D eigenvalue weighted by Crippen LogP contribution is 2.24. The van der Waals surface area contributed by atoms with Gasteiger partial charge >= 0.3 is 0 Å². The molecule has 1 atom stereocenters. The van der Waals surface area contributed by atoms with Crippen molar-refractivity contribution >= 4 is 17.5 Å². The van der Waals surface area contributed by atoms with Crippen molar-refractivity contribution in [3.63, 3.8) is 0 Å². The maximum Gasteiger partial charge on any atom is 0.289 e. The maximum atomic E-state index is 12.7. The van der Waals surface area contributed by atoms with Crippen LogP contribution in [0.3, 0.4) is 0 Å². The van der Waals surface area contributed by atoms with Gasteiger partial charge in [0, 0.05) is 25.7 Å². The minimum Gasteiger partial charge on any atom is -0.454 e. The summed E-state index contributed by atoms with van der Waals surface area (Å²) in [5, 5.41) is 5.09. The molecule has 0 saturated carbocycles. The summed E-state index contributed by atoms with van der Waals surface area (Å²) in [6.07, 6.45) is 2.43. The Balaban J connectivity index is 1.45. The lowest BCUT2D eigenvalue weighted by molar-refractivity contribution is 0.0540. The predicted molar refractivity (Wildman–Crippen MR) is 95.0 cm³/mol. The Morgan fingerprint density at radius 3 is 2.92 bits per heavy atom. The van der Waals surface area contributed by atoms with Gasteiger partial charge in [0.15, 0.2) is 5.76 Å². The van der Waals surface area contributed by atoms with Gasteiger partial charge in [-0.25, -0.2) is 0 Å². The standard InChI is InChI=1S/C18H23ClN4O2/c1-12-17(19)13(2)23(20-12)11-15-5-6-16(25-15)18(24)22-9-8-21-7-3-4-14(21)10-22/h5-6,14H,3-4,7-11H2,1-2H3. The Labute approximate surface area is 152 Å². The Morgan fingerprint density at radius 1 is 1.32 bits per heavy atom. The van der Waals surface area contributed by atoms with Crippen molar-refractivity contribution in [1.82, 2.24) is 19.6 Å². The number of piperazine rings is 1. The van der Waals surface area contributed by atoms with E-state index in [2.05, 4.69) is 10.00 Å². The van der Waals surface area contributed by atoms with Crippen LogP contribution in [0.25, 0.3) is 0 Å². The Bertz CT molecular complexity index is 797. The lowest BCUT2D eigenvalue weighted by atomic mass is 10.1. The Morgan fingerprint density at radius 2 is 2.16 bits per heavy atom. The van der Waals surface area contributed by atoms with Gasteiger partial charge in [0.25, 0.3) is 5.91 Å². The molecule has 25 heavy (non-hydrogen) atoms. The lowest BCUT2D eigenvalue weighted by Crippen LogP contribution is -2.51. The normalized spacial score (nSPS) is 20.9. The molecular formula is C18H23ClN4O2. The van der Waals surface area contributed by atoms with Crippen molar-refractivity contribution in [2.24, 2.45) is 0 Å². The molecule has 7 heteroatoms. The van der Waals surface area contributed by atoms with E-state index in [1.165, 1.54) is 19.4 Å². The molecule has 1 unspecified atom stereocenters. The van der Waals surface area contributed by atoms with Crippen LogP contribution in [0, 0.1) is 13.8 Å². The summed E-state index contributed by atoms with van der Waals surface area (Å²) in [7, 11) is 0. The summed E-state index contributed by atoms with van der Waals surface area (Å²) in [6.45, 7) is 8.00. The van der Waals surface area contributed by atoms with Gasteiger partial charge in [-0.1, -0.05) is 11.6 Å². The van der Waals surface area contributed by atoms with Crippen molar-refractivity contribution in [3.05, 3.63) is 40.1 Å². The third-order valence-electron chi connectivity index (χ3n) is 5.35. The van der Waals surface area contributed by atoms with E-state index in [-0.39, 0.29) is 5.91 Å². The van der Waals surface area contributed by atoms with Gasteiger partial charge in [0.1, 0.15) is 5.76 Å². The number of carbonyl (C=O) groups excluding carboxylic acids is 1. The maximum absolute atomic E-state index is 12.7. The molecule has 2 fully saturated rings. The molecule has 2 aromatic heterocycles. The van der Waals surface area contributed by atoms with Crippen LogP contribution in [0.15, 0.2) is 16.5 Å². The summed E-state index contributed by atoms with van der Waals surface area (Å²) in [6, 6.07) is 4.14. The van der Waals surface area contributed by atoms with Crippen LogP contribution >= 0.6 is 11.6 Å². The quantitative estimate of drug-likeness (QED) is 0.842. The number of aryl methyl sites for hydroxylation is 1. The van der Waals surface area contributed by atoms with Crippen molar-refractivity contribution in [1.29, 1.82) is 0 Å². The largest absolute Gasteiger partial charge is 0.454 e. The molecule has 4 rings (SSSR count). The van der Waals surface area contributed by atoms with E-state index < -0.39 is 0 Å². The molecule has 134 valence electrons. The molecule has 0 radical (unpaired) electrons. The molecule has 2 aliphatic rings. The van der Waals surface area contributed by atoms with E-state index in [4.69, 9.17) is 16.0 Å². The van der Waals surface area contributed by atoms with Crippen molar-refractivity contribution < 1.29 is 9.21 Å². The molecule has 0 bridgehead atoms. The number of rotatable bonds is 3. The molecule has 2 aliphatic heterocycles. The van der Waals surface area contributed by atoms with Crippen LogP contribution in [0.5, 0.6) is 0 Å². The summed E-state index contributed by atoms with van der Waals surface area (Å²) >= 11 is 6.19. The zero-order valence-corrected chi connectivity index (χ0v) is 15.4. The van der Waals surface area contributed by atoms with Gasteiger partial charge in [-0.2, -0.15) is 5.10 Å². The highest BCUT2D eigenvalue weighted by molar-refractivity contribution is 6.31. The summed E-state index contributed by atoms with van der Waals surface area (Å²) in [4.78, 5) is 17.2. The van der Waals surface area contributed by atoms with Crippen LogP contribution in [-0.4, -0.2) is 57.7 Å². The minimum absolute atomic E-state index is 0.01000. The number of furan rings is 1. The molecule has 4 heterocycles. The van der Waals surface area contributed by atoms with Crippen LogP contribution in [0.2, 0.25) is 5.02 Å². The fourth-order valence-electron chi connectivity index (χ4n) is 3.89. The highest BCUT2D eigenvalue weighted by atomic mass is 35.5. The Hall–Kier alpha value is -1.79. The summed E-state index contributed by atoms with van der Waals surface area (Å²) in [5.74, 6) is 1.11. The first-order valence-corrected chi connectivity index (χ1v) is 9.22. The third kappa shape index (κ3) is 3.09. The number of amides is 1. The van der Waals surface area contributed by atoms with Gasteiger partial charge < -0.3 is 9.32 Å². The summed E-state index contributed by atoms with van der Waals surface area (Å²) < 4.78 is 7.62. The average molecular weight is 363 g/mol. The second-order valence-electron chi connectivity index (χ2n) is 6.99. The van der Waals surface area contributed by atoms with Gasteiger partial charge in [0.2, 0.25) is 0 Å². The second kappa shape index (κ2) is 6.50. The third-order valence-corrected chi connectivity index (χ3v) is 5.89. The van der Waals surface area contributed by atoms with E-state index in [1.54, 1.807) is 6.07 Å². The molecule has 0 aliphatic carbocycles. The molecule has 0 spiro atoms. The number of fused-ring (bicyclic) bond motifs is 1. The van der Waals surface area contributed by atoms with Gasteiger partial charge in [-0.15, -0.1) is 0 Å². The predicted octanol–water partition coefficient (Wildman–Crippen LogP) is 2.71. The van der Waals surface area contributed by atoms with Crippen LogP contribution in [0.4, 0.5) is 0 Å². The number of hydrogen-bond donors (Lipinski definition) is 0. The first kappa shape index (κ1) is 16.7. The number of halogens is 1. The molecule has 1 amide bonds. The SMILES string of the molecule is Cc1nn(Cc2ccc(C(=O)N3CCN4CCCC4C3)o2)c(C)c1Cl. The van der Waals surface area contributed by atoms with E-state index >= 15 is 0 Å². The average Bonchev–Trinajstić information content (AvgIpc) is 3.31. The molecule has 2 aromatic rings. The molecular weight excluding hydrogens is 340 g/mol. The molecule has 0 N–H and O–H groups in total. The van der Waals surface area contributed by atoms with Crippen LogP contribution in [0.1, 0.15) is 40.5 Å². The van der Waals surface area contributed by atoms with Crippen molar-refractivity contribution in [2.45, 2.75) is 39.3 Å². The lowest BCUT2D eigenvalue weighted by Gasteiger charge is -2.37. The van der Waals surface area contributed by atoms with Crippen molar-refractivity contribution in [3.8, 4) is 0 Å². The van der Waals surface area contributed by atoms with Crippen LogP contribution in [-0.2, 0) is 6.54 Å². The van der Waals surface area contributed by atoms with E-state index in [1.807, 2.05) is 29.5 Å². The van der Waals surface area contributed by atoms with Gasteiger partial charge in [-0.3, -0.25) is 14.4 Å². The van der Waals surface area contributed by atoms with E-state index in [0.717, 1.165) is 31.0 Å². The number of carbonyl (C=O) groups is 1. The Kier molecular flexibility index (Phi) is 4.33. The fourth-order valence-corrected chi connectivity index (χ4v) is 4.02. The van der Waals surface area contributed by atoms with E-state index in [0.29, 0.717) is 29.1 Å². The minimum atomic E-state index is -0.01000. The zero-order valence-electron chi connectivity index (χ0n) is 14.7. The number of aromatic nitrogens is 2. The van der Waals surface area contributed by atoms with Gasteiger partial charge in [-0.05, 0) is 45.4 Å².